The molecule has 0 saturated carbocycles. The average molecular weight is 358 g/mol. The van der Waals surface area contributed by atoms with Crippen LogP contribution in [0.25, 0.3) is 0 Å². The number of allylic oxidation sites excluding steroid dienone is 1. The van der Waals surface area contributed by atoms with Crippen molar-refractivity contribution in [1.82, 2.24) is 10.3 Å². The fraction of sp³-hybridized carbons (Fsp3) is 0.619. The number of pyridine rings is 1. The predicted octanol–water partition coefficient (Wildman–Crippen LogP) is 4.12. The van der Waals surface area contributed by atoms with Crippen molar-refractivity contribution in [3.63, 3.8) is 0 Å². The highest BCUT2D eigenvalue weighted by molar-refractivity contribution is 5.67. The standard InChI is InChI=1S/C21H30N2O3/c1-13(2)23-20(24)26-12-21-11-25-19(17-7-6-8-22-10-17)18(16(21)5)14(3)9-15(21)4/h6-10,13,15-16,18-19H,11-12H2,1-5H3,(H,23,24)/t15?,16-,18?,19?,21-/m1/s1. The molecule has 26 heavy (non-hydrogen) atoms. The number of carbonyl (C=O) groups excluding carboxylic acids is 1. The molecule has 1 saturated heterocycles. The molecule has 2 bridgehead atoms. The summed E-state index contributed by atoms with van der Waals surface area (Å²) >= 11 is 0. The first kappa shape index (κ1) is 18.9. The Balaban J connectivity index is 1.84. The Labute approximate surface area is 156 Å². The van der Waals surface area contributed by atoms with Crippen LogP contribution in [-0.2, 0) is 9.47 Å². The first-order valence-electron chi connectivity index (χ1n) is 9.48. The topological polar surface area (TPSA) is 60.5 Å². The van der Waals surface area contributed by atoms with Crippen LogP contribution in [-0.4, -0.2) is 30.3 Å². The number of rotatable bonds is 4. The second-order valence-corrected chi connectivity index (χ2v) is 8.14. The molecule has 0 spiro atoms. The van der Waals surface area contributed by atoms with Gasteiger partial charge < -0.3 is 14.8 Å². The molecule has 3 rings (SSSR count). The van der Waals surface area contributed by atoms with Crippen LogP contribution in [0.5, 0.6) is 0 Å². The van der Waals surface area contributed by atoms with Crippen LogP contribution >= 0.6 is 0 Å². The normalized spacial score (nSPS) is 33.5. The smallest absolute Gasteiger partial charge is 0.407 e. The van der Waals surface area contributed by atoms with E-state index < -0.39 is 0 Å². The largest absolute Gasteiger partial charge is 0.449 e. The van der Waals surface area contributed by atoms with Gasteiger partial charge in [0.2, 0.25) is 0 Å². The van der Waals surface area contributed by atoms with E-state index in [1.165, 1.54) is 5.57 Å². The van der Waals surface area contributed by atoms with Gasteiger partial charge in [0.1, 0.15) is 6.61 Å². The van der Waals surface area contributed by atoms with Crippen LogP contribution in [0.15, 0.2) is 36.2 Å². The van der Waals surface area contributed by atoms with E-state index in [0.717, 1.165) is 5.56 Å². The average Bonchev–Trinajstić information content (AvgIpc) is 2.59. The Kier molecular flexibility index (Phi) is 5.37. The van der Waals surface area contributed by atoms with Gasteiger partial charge >= 0.3 is 6.09 Å². The van der Waals surface area contributed by atoms with Crippen LogP contribution in [0, 0.1) is 23.2 Å². The number of hydrogen-bond donors (Lipinski definition) is 1. The zero-order valence-electron chi connectivity index (χ0n) is 16.4. The molecule has 142 valence electrons. The summed E-state index contributed by atoms with van der Waals surface area (Å²) < 4.78 is 12.0. The summed E-state index contributed by atoms with van der Waals surface area (Å²) in [5, 5.41) is 2.80. The summed E-state index contributed by atoms with van der Waals surface area (Å²) in [5.74, 6) is 0.893. The second-order valence-electron chi connectivity index (χ2n) is 8.14. The number of fused-ring (bicyclic) bond motifs is 2. The van der Waals surface area contributed by atoms with Gasteiger partial charge in [-0.05, 0) is 44.2 Å². The van der Waals surface area contributed by atoms with Crippen molar-refractivity contribution in [2.24, 2.45) is 23.2 Å². The Morgan fingerprint density at radius 1 is 1.46 bits per heavy atom. The molecule has 1 amide bonds. The van der Waals surface area contributed by atoms with Crippen molar-refractivity contribution in [2.75, 3.05) is 13.2 Å². The molecule has 5 atom stereocenters. The van der Waals surface area contributed by atoms with Gasteiger partial charge in [-0.3, -0.25) is 4.98 Å². The van der Waals surface area contributed by atoms with Crippen LogP contribution in [0.3, 0.4) is 0 Å². The molecule has 1 fully saturated rings. The maximum atomic E-state index is 12.0. The molecule has 1 aliphatic carbocycles. The number of nitrogens with zero attached hydrogens (tertiary/aromatic N) is 1. The molecular weight excluding hydrogens is 328 g/mol. The predicted molar refractivity (Wildman–Crippen MR) is 101 cm³/mol. The van der Waals surface area contributed by atoms with Gasteiger partial charge in [-0.15, -0.1) is 0 Å². The molecular formula is C21H30N2O3. The molecule has 2 heterocycles. The van der Waals surface area contributed by atoms with E-state index >= 15 is 0 Å². The van der Waals surface area contributed by atoms with E-state index in [4.69, 9.17) is 9.47 Å². The molecule has 1 N–H and O–H groups in total. The molecule has 1 aliphatic heterocycles. The third kappa shape index (κ3) is 3.37. The van der Waals surface area contributed by atoms with Crippen molar-refractivity contribution in [1.29, 1.82) is 0 Å². The van der Waals surface area contributed by atoms with Crippen LogP contribution in [0.2, 0.25) is 0 Å². The minimum atomic E-state index is -0.356. The SMILES string of the molecule is CC1=CC(C)[C@]2(COC(=O)NC(C)C)COC(c3cccnc3)C1[C@H]2C. The van der Waals surface area contributed by atoms with Crippen LogP contribution in [0.4, 0.5) is 4.79 Å². The van der Waals surface area contributed by atoms with E-state index in [9.17, 15) is 4.79 Å². The number of alkyl carbamates (subject to hydrolysis) is 1. The van der Waals surface area contributed by atoms with Gasteiger partial charge in [0.15, 0.2) is 0 Å². The van der Waals surface area contributed by atoms with Gasteiger partial charge in [-0.1, -0.05) is 31.6 Å². The number of amides is 1. The molecule has 5 heteroatoms. The third-order valence-corrected chi connectivity index (χ3v) is 6.14. The van der Waals surface area contributed by atoms with Gasteiger partial charge in [0.05, 0.1) is 12.7 Å². The van der Waals surface area contributed by atoms with Gasteiger partial charge in [0, 0.05) is 29.8 Å². The molecule has 5 nitrogen and oxygen atoms in total. The molecule has 0 radical (unpaired) electrons. The highest BCUT2D eigenvalue weighted by atomic mass is 16.6. The minimum Gasteiger partial charge on any atom is -0.449 e. The van der Waals surface area contributed by atoms with Crippen molar-refractivity contribution in [3.05, 3.63) is 41.7 Å². The third-order valence-electron chi connectivity index (χ3n) is 6.14. The summed E-state index contributed by atoms with van der Waals surface area (Å²) in [6.45, 7) is 11.5. The van der Waals surface area contributed by atoms with E-state index in [2.05, 4.69) is 43.2 Å². The number of ether oxygens (including phenoxy) is 2. The van der Waals surface area contributed by atoms with Gasteiger partial charge in [0.25, 0.3) is 0 Å². The number of carbonyl (C=O) groups is 1. The minimum absolute atomic E-state index is 0.0000607. The number of aromatic nitrogens is 1. The highest BCUT2D eigenvalue weighted by Crippen LogP contribution is 2.56. The monoisotopic (exact) mass is 358 g/mol. The summed E-state index contributed by atoms with van der Waals surface area (Å²) in [4.78, 5) is 16.3. The van der Waals surface area contributed by atoms with E-state index in [1.807, 2.05) is 26.1 Å². The van der Waals surface area contributed by atoms with Gasteiger partial charge in [-0.25, -0.2) is 4.79 Å². The van der Waals surface area contributed by atoms with Crippen molar-refractivity contribution >= 4 is 6.09 Å². The van der Waals surface area contributed by atoms with Gasteiger partial charge in [-0.2, -0.15) is 0 Å². The summed E-state index contributed by atoms with van der Waals surface area (Å²) in [6.07, 6.45) is 5.65. The van der Waals surface area contributed by atoms with Crippen molar-refractivity contribution < 1.29 is 14.3 Å². The maximum Gasteiger partial charge on any atom is 0.407 e. The first-order valence-corrected chi connectivity index (χ1v) is 9.48. The fourth-order valence-electron chi connectivity index (χ4n) is 4.58. The lowest BCUT2D eigenvalue weighted by atomic mass is 9.56. The Bertz CT molecular complexity index is 673. The maximum absolute atomic E-state index is 12.0. The zero-order chi connectivity index (χ0) is 18.9. The second kappa shape index (κ2) is 7.39. The fourth-order valence-corrected chi connectivity index (χ4v) is 4.58. The summed E-state index contributed by atoms with van der Waals surface area (Å²) in [6, 6.07) is 4.10. The molecule has 1 aromatic heterocycles. The van der Waals surface area contributed by atoms with E-state index in [0.29, 0.717) is 19.1 Å². The van der Waals surface area contributed by atoms with E-state index in [1.54, 1.807) is 6.20 Å². The summed E-state index contributed by atoms with van der Waals surface area (Å²) in [7, 11) is 0. The van der Waals surface area contributed by atoms with Crippen LogP contribution < -0.4 is 5.32 Å². The molecule has 2 aliphatic rings. The summed E-state index contributed by atoms with van der Waals surface area (Å²) in [5.41, 5.74) is 2.26. The Morgan fingerprint density at radius 2 is 2.23 bits per heavy atom. The Morgan fingerprint density at radius 3 is 2.88 bits per heavy atom. The quantitative estimate of drug-likeness (QED) is 0.823. The van der Waals surface area contributed by atoms with E-state index in [-0.39, 0.29) is 35.5 Å². The van der Waals surface area contributed by atoms with Crippen molar-refractivity contribution in [3.8, 4) is 0 Å². The van der Waals surface area contributed by atoms with Crippen LogP contribution in [0.1, 0.15) is 46.3 Å². The lowest BCUT2D eigenvalue weighted by Crippen LogP contribution is -2.55. The molecule has 1 aromatic rings. The lowest BCUT2D eigenvalue weighted by molar-refractivity contribution is -0.165. The first-order chi connectivity index (χ1) is 12.3. The Hall–Kier alpha value is -1.88. The molecule has 0 aromatic carbocycles. The number of hydrogen-bond acceptors (Lipinski definition) is 4. The highest BCUT2D eigenvalue weighted by Gasteiger charge is 2.54. The lowest BCUT2D eigenvalue weighted by Gasteiger charge is -2.55. The number of nitrogens with one attached hydrogen (secondary N) is 1. The molecule has 3 unspecified atom stereocenters. The zero-order valence-corrected chi connectivity index (χ0v) is 16.4. The van der Waals surface area contributed by atoms with Crippen molar-refractivity contribution in [2.45, 2.75) is 46.8 Å².